The van der Waals surface area contributed by atoms with Crippen LogP contribution in [-0.2, 0) is 9.53 Å². The monoisotopic (exact) mass is 342 g/mol. The molecule has 0 amide bonds. The van der Waals surface area contributed by atoms with E-state index < -0.39 is 0 Å². The van der Waals surface area contributed by atoms with Crippen LogP contribution in [0.15, 0.2) is 24.3 Å². The minimum Gasteiger partial charge on any atom is -0.493 e. The molecule has 0 aliphatic rings. The van der Waals surface area contributed by atoms with Gasteiger partial charge >= 0.3 is 5.97 Å². The number of ether oxygens (including phenoxy) is 3. The fourth-order valence-corrected chi connectivity index (χ4v) is 1.91. The quantitative estimate of drug-likeness (QED) is 0.314. The SMILES string of the molecule is COC(=O)/C=C/c1ccc(OCCCCBr)c(OC)c1. The molecular weight excluding hydrogens is 324 g/mol. The van der Waals surface area contributed by atoms with Crippen LogP contribution in [0.25, 0.3) is 6.08 Å². The summed E-state index contributed by atoms with van der Waals surface area (Å²) in [5, 5.41) is 0.977. The highest BCUT2D eigenvalue weighted by molar-refractivity contribution is 9.09. The summed E-state index contributed by atoms with van der Waals surface area (Å²) in [5.74, 6) is 0.965. The lowest BCUT2D eigenvalue weighted by atomic mass is 10.2. The van der Waals surface area contributed by atoms with Gasteiger partial charge < -0.3 is 14.2 Å². The number of esters is 1. The summed E-state index contributed by atoms with van der Waals surface area (Å²) in [7, 11) is 2.94. The number of unbranched alkanes of at least 4 members (excludes halogenated alkanes) is 1. The third kappa shape index (κ3) is 5.65. The van der Waals surface area contributed by atoms with E-state index in [9.17, 15) is 4.79 Å². The first-order valence-corrected chi connectivity index (χ1v) is 7.46. The standard InChI is InChI=1S/C15H19BrO4/c1-18-14-11-12(6-8-15(17)19-2)5-7-13(14)20-10-4-3-9-16/h5-8,11H,3-4,9-10H2,1-2H3/b8-6+. The van der Waals surface area contributed by atoms with Gasteiger partial charge in [0, 0.05) is 11.4 Å². The number of carbonyl (C=O) groups is 1. The van der Waals surface area contributed by atoms with E-state index in [0.717, 1.165) is 23.7 Å². The summed E-state index contributed by atoms with van der Waals surface area (Å²) in [4.78, 5) is 11.0. The first kappa shape index (κ1) is 16.6. The van der Waals surface area contributed by atoms with E-state index in [1.807, 2.05) is 18.2 Å². The zero-order valence-electron chi connectivity index (χ0n) is 11.7. The zero-order valence-corrected chi connectivity index (χ0v) is 13.3. The number of rotatable bonds is 8. The van der Waals surface area contributed by atoms with Crippen molar-refractivity contribution in [3.63, 3.8) is 0 Å². The van der Waals surface area contributed by atoms with E-state index in [1.165, 1.54) is 13.2 Å². The minimum absolute atomic E-state index is 0.390. The number of hydrogen-bond donors (Lipinski definition) is 0. The van der Waals surface area contributed by atoms with Gasteiger partial charge in [-0.2, -0.15) is 0 Å². The van der Waals surface area contributed by atoms with Crippen LogP contribution in [0.2, 0.25) is 0 Å². The molecule has 0 unspecified atom stereocenters. The third-order valence-electron chi connectivity index (χ3n) is 2.59. The Morgan fingerprint density at radius 2 is 2.05 bits per heavy atom. The number of halogens is 1. The molecule has 0 bridgehead atoms. The predicted octanol–water partition coefficient (Wildman–Crippen LogP) is 3.44. The van der Waals surface area contributed by atoms with Crippen molar-refractivity contribution in [3.05, 3.63) is 29.8 Å². The summed E-state index contributed by atoms with van der Waals surface area (Å²) >= 11 is 3.38. The van der Waals surface area contributed by atoms with Gasteiger partial charge in [-0.3, -0.25) is 0 Å². The number of hydrogen-bond acceptors (Lipinski definition) is 4. The minimum atomic E-state index is -0.390. The van der Waals surface area contributed by atoms with Crippen LogP contribution < -0.4 is 9.47 Å². The Morgan fingerprint density at radius 1 is 1.25 bits per heavy atom. The van der Waals surface area contributed by atoms with Crippen LogP contribution in [0, 0.1) is 0 Å². The van der Waals surface area contributed by atoms with Gasteiger partial charge in [0.05, 0.1) is 20.8 Å². The maximum absolute atomic E-state index is 11.0. The van der Waals surface area contributed by atoms with Crippen molar-refractivity contribution < 1.29 is 19.0 Å². The van der Waals surface area contributed by atoms with Gasteiger partial charge in [-0.05, 0) is 36.6 Å². The van der Waals surface area contributed by atoms with Gasteiger partial charge in [0.15, 0.2) is 11.5 Å². The Bertz CT molecular complexity index is 457. The second-order valence-corrected chi connectivity index (χ2v) is 4.80. The first-order chi connectivity index (χ1) is 9.71. The van der Waals surface area contributed by atoms with Crippen LogP contribution in [0.5, 0.6) is 11.5 Å². The van der Waals surface area contributed by atoms with Gasteiger partial charge in [-0.15, -0.1) is 0 Å². The second kappa shape index (κ2) is 9.42. The van der Waals surface area contributed by atoms with E-state index in [0.29, 0.717) is 18.1 Å². The molecule has 1 aromatic rings. The average molecular weight is 343 g/mol. The number of carbonyl (C=O) groups excluding carboxylic acids is 1. The summed E-state index contributed by atoms with van der Waals surface area (Å²) in [6, 6.07) is 5.52. The average Bonchev–Trinajstić information content (AvgIpc) is 2.49. The molecule has 0 spiro atoms. The molecule has 0 heterocycles. The highest BCUT2D eigenvalue weighted by Gasteiger charge is 2.05. The maximum atomic E-state index is 11.0. The Hall–Kier alpha value is -1.49. The first-order valence-electron chi connectivity index (χ1n) is 6.34. The molecule has 110 valence electrons. The molecule has 0 fully saturated rings. The Kier molecular flexibility index (Phi) is 7.80. The topological polar surface area (TPSA) is 44.8 Å². The summed E-state index contributed by atoms with van der Waals surface area (Å²) in [6.07, 6.45) is 5.09. The molecule has 0 atom stereocenters. The lowest BCUT2D eigenvalue weighted by molar-refractivity contribution is -0.134. The Morgan fingerprint density at radius 3 is 2.70 bits per heavy atom. The zero-order chi connectivity index (χ0) is 14.8. The van der Waals surface area contributed by atoms with Crippen molar-refractivity contribution >= 4 is 28.0 Å². The number of methoxy groups -OCH3 is 2. The van der Waals surface area contributed by atoms with Crippen LogP contribution in [0.3, 0.4) is 0 Å². The van der Waals surface area contributed by atoms with E-state index in [2.05, 4.69) is 20.7 Å². The number of benzene rings is 1. The van der Waals surface area contributed by atoms with Crippen molar-refractivity contribution in [1.29, 1.82) is 0 Å². The highest BCUT2D eigenvalue weighted by Crippen LogP contribution is 2.28. The van der Waals surface area contributed by atoms with Crippen molar-refractivity contribution in [2.45, 2.75) is 12.8 Å². The molecule has 0 N–H and O–H groups in total. The normalized spacial score (nSPS) is 10.6. The molecule has 1 rings (SSSR count). The molecule has 5 heteroatoms. The summed E-state index contributed by atoms with van der Waals surface area (Å²) in [6.45, 7) is 0.652. The van der Waals surface area contributed by atoms with E-state index >= 15 is 0 Å². The number of alkyl halides is 1. The fourth-order valence-electron chi connectivity index (χ4n) is 1.52. The van der Waals surface area contributed by atoms with Gasteiger partial charge in [-0.1, -0.05) is 22.0 Å². The van der Waals surface area contributed by atoms with Crippen LogP contribution in [0.1, 0.15) is 18.4 Å². The lowest BCUT2D eigenvalue weighted by Crippen LogP contribution is -2.00. The third-order valence-corrected chi connectivity index (χ3v) is 3.15. The predicted molar refractivity (Wildman–Crippen MR) is 82.6 cm³/mol. The van der Waals surface area contributed by atoms with Crippen molar-refractivity contribution in [3.8, 4) is 11.5 Å². The van der Waals surface area contributed by atoms with Gasteiger partial charge in [0.1, 0.15) is 0 Å². The molecule has 0 saturated heterocycles. The molecule has 0 radical (unpaired) electrons. The molecule has 0 aliphatic carbocycles. The van der Waals surface area contributed by atoms with Gasteiger partial charge in [-0.25, -0.2) is 4.79 Å². The van der Waals surface area contributed by atoms with Crippen molar-refractivity contribution in [1.82, 2.24) is 0 Å². The summed E-state index contributed by atoms with van der Waals surface area (Å²) in [5.41, 5.74) is 0.847. The molecule has 4 nitrogen and oxygen atoms in total. The Balaban J connectivity index is 2.69. The summed E-state index contributed by atoms with van der Waals surface area (Å²) < 4.78 is 15.5. The van der Waals surface area contributed by atoms with Gasteiger partial charge in [0.2, 0.25) is 0 Å². The smallest absolute Gasteiger partial charge is 0.330 e. The Labute approximate surface area is 127 Å². The second-order valence-electron chi connectivity index (χ2n) is 4.01. The van der Waals surface area contributed by atoms with Crippen molar-refractivity contribution in [2.75, 3.05) is 26.2 Å². The lowest BCUT2D eigenvalue weighted by Gasteiger charge is -2.11. The fraction of sp³-hybridized carbons (Fsp3) is 0.400. The van der Waals surface area contributed by atoms with Crippen molar-refractivity contribution in [2.24, 2.45) is 0 Å². The van der Waals surface area contributed by atoms with Crippen LogP contribution >= 0.6 is 15.9 Å². The highest BCUT2D eigenvalue weighted by atomic mass is 79.9. The molecule has 0 aliphatic heterocycles. The molecule has 20 heavy (non-hydrogen) atoms. The van der Waals surface area contributed by atoms with E-state index in [4.69, 9.17) is 9.47 Å². The maximum Gasteiger partial charge on any atom is 0.330 e. The molecule has 0 aromatic heterocycles. The van der Waals surface area contributed by atoms with Crippen LogP contribution in [-0.4, -0.2) is 32.1 Å². The molecule has 1 aromatic carbocycles. The van der Waals surface area contributed by atoms with E-state index in [1.54, 1.807) is 13.2 Å². The van der Waals surface area contributed by atoms with Crippen LogP contribution in [0.4, 0.5) is 0 Å². The molecular formula is C15H19BrO4. The molecule has 0 saturated carbocycles. The van der Waals surface area contributed by atoms with Gasteiger partial charge in [0.25, 0.3) is 0 Å². The van der Waals surface area contributed by atoms with E-state index in [-0.39, 0.29) is 5.97 Å². The largest absolute Gasteiger partial charge is 0.493 e.